The minimum absolute atomic E-state index is 0.0943. The monoisotopic (exact) mass is 332 g/mol. The van der Waals surface area contributed by atoms with Crippen LogP contribution in [-0.4, -0.2) is 36.2 Å². The predicted molar refractivity (Wildman–Crippen MR) is 74.1 cm³/mol. The van der Waals surface area contributed by atoms with Crippen LogP contribution in [0.3, 0.4) is 0 Å². The summed E-state index contributed by atoms with van der Waals surface area (Å²) in [4.78, 5) is -0.0959. The summed E-state index contributed by atoms with van der Waals surface area (Å²) in [5.41, 5.74) is 6.06. The highest BCUT2D eigenvalue weighted by Crippen LogP contribution is 2.31. The van der Waals surface area contributed by atoms with E-state index < -0.39 is 10.0 Å². The van der Waals surface area contributed by atoms with E-state index in [9.17, 15) is 8.42 Å². The zero-order chi connectivity index (χ0) is 15.5. The van der Waals surface area contributed by atoms with E-state index in [1.807, 2.05) is 0 Å². The smallest absolute Gasteiger partial charge is 0.244 e. The van der Waals surface area contributed by atoms with E-state index in [1.54, 1.807) is 6.07 Å². The maximum atomic E-state index is 12.4. The summed E-state index contributed by atoms with van der Waals surface area (Å²) in [7, 11) is -2.51. The van der Waals surface area contributed by atoms with Crippen LogP contribution in [0.4, 0.5) is 0 Å². The Hall–Kier alpha value is -1.75. The summed E-state index contributed by atoms with van der Waals surface area (Å²) in [6, 6.07) is 2.84. The molecule has 0 saturated carbocycles. The number of benzene rings is 1. The molecule has 0 bridgehead atoms. The number of aromatic amines is 1. The molecule has 1 aromatic heterocycles. The number of tetrazole rings is 1. The number of nitrogens with two attached hydrogens (primary N) is 1. The fourth-order valence-electron chi connectivity index (χ4n) is 1.70. The van der Waals surface area contributed by atoms with Gasteiger partial charge in [-0.2, -0.15) is 5.21 Å². The maximum Gasteiger partial charge on any atom is 0.244 e. The van der Waals surface area contributed by atoms with Crippen molar-refractivity contribution in [2.24, 2.45) is 5.73 Å². The molecular weight excluding hydrogens is 320 g/mol. The summed E-state index contributed by atoms with van der Waals surface area (Å²) < 4.78 is 32.2. The third-order valence-electron chi connectivity index (χ3n) is 2.62. The first-order valence-corrected chi connectivity index (χ1v) is 7.62. The van der Waals surface area contributed by atoms with Crippen LogP contribution in [-0.2, 0) is 23.1 Å². The first-order chi connectivity index (χ1) is 9.97. The number of sulfonamides is 1. The molecule has 0 aliphatic heterocycles. The second kappa shape index (κ2) is 6.35. The van der Waals surface area contributed by atoms with Crippen LogP contribution in [0.5, 0.6) is 5.75 Å². The second-order valence-corrected chi connectivity index (χ2v) is 6.12. The third-order valence-corrected chi connectivity index (χ3v) is 4.24. The van der Waals surface area contributed by atoms with Gasteiger partial charge in [-0.15, -0.1) is 10.2 Å². The van der Waals surface area contributed by atoms with Gasteiger partial charge in [-0.05, 0) is 12.1 Å². The van der Waals surface area contributed by atoms with E-state index in [2.05, 4.69) is 25.3 Å². The Labute approximate surface area is 125 Å². The number of nitrogens with one attached hydrogen (secondary N) is 2. The Kier molecular flexibility index (Phi) is 4.73. The number of nitrogens with zero attached hydrogens (tertiary/aromatic N) is 3. The molecule has 1 heterocycles. The van der Waals surface area contributed by atoms with Gasteiger partial charge in [-0.25, -0.2) is 13.1 Å². The highest BCUT2D eigenvalue weighted by molar-refractivity contribution is 7.89. The zero-order valence-electron chi connectivity index (χ0n) is 11.0. The average Bonchev–Trinajstić information content (AvgIpc) is 2.97. The number of methoxy groups -OCH3 is 1. The predicted octanol–water partition coefficient (Wildman–Crippen LogP) is -0.201. The van der Waals surface area contributed by atoms with Crippen molar-refractivity contribution in [3.63, 3.8) is 0 Å². The normalized spacial score (nSPS) is 11.6. The Balaban J connectivity index is 2.36. The topological polar surface area (TPSA) is 136 Å². The molecule has 21 heavy (non-hydrogen) atoms. The fourth-order valence-corrected chi connectivity index (χ4v) is 3.22. The van der Waals surface area contributed by atoms with E-state index >= 15 is 0 Å². The number of H-pyrrole nitrogens is 1. The van der Waals surface area contributed by atoms with Gasteiger partial charge in [-0.1, -0.05) is 16.8 Å². The second-order valence-electron chi connectivity index (χ2n) is 3.95. The lowest BCUT2D eigenvalue weighted by atomic mass is 10.2. The summed E-state index contributed by atoms with van der Waals surface area (Å²) in [6.45, 7) is -0.0243. The molecule has 0 saturated heterocycles. The SMILES string of the molecule is COc1c(CN)cc(Cl)cc1S(=O)(=O)NCc1nn[nH]n1. The molecule has 2 aromatic rings. The molecule has 0 fully saturated rings. The highest BCUT2D eigenvalue weighted by Gasteiger charge is 2.23. The largest absolute Gasteiger partial charge is 0.495 e. The quantitative estimate of drug-likeness (QED) is 0.666. The number of halogens is 1. The molecule has 0 aliphatic carbocycles. The van der Waals surface area contributed by atoms with E-state index in [4.69, 9.17) is 22.1 Å². The van der Waals surface area contributed by atoms with Gasteiger partial charge in [0, 0.05) is 17.1 Å². The van der Waals surface area contributed by atoms with Crippen molar-refractivity contribution in [1.82, 2.24) is 25.3 Å². The first-order valence-electron chi connectivity index (χ1n) is 5.76. The van der Waals surface area contributed by atoms with Gasteiger partial charge in [-0.3, -0.25) is 0 Å². The molecule has 0 amide bonds. The van der Waals surface area contributed by atoms with Gasteiger partial charge >= 0.3 is 0 Å². The minimum atomic E-state index is -3.87. The van der Waals surface area contributed by atoms with Crippen LogP contribution in [0.2, 0.25) is 5.02 Å². The lowest BCUT2D eigenvalue weighted by molar-refractivity contribution is 0.397. The summed E-state index contributed by atoms with van der Waals surface area (Å²) in [6.07, 6.45) is 0. The minimum Gasteiger partial charge on any atom is -0.495 e. The van der Waals surface area contributed by atoms with Crippen molar-refractivity contribution in [2.75, 3.05) is 7.11 Å². The number of hydrogen-bond acceptors (Lipinski definition) is 7. The van der Waals surface area contributed by atoms with E-state index in [0.29, 0.717) is 5.56 Å². The maximum absolute atomic E-state index is 12.4. The molecule has 1 aromatic carbocycles. The summed E-state index contributed by atoms with van der Waals surface area (Å²) in [5.74, 6) is 0.362. The summed E-state index contributed by atoms with van der Waals surface area (Å²) >= 11 is 5.92. The van der Waals surface area contributed by atoms with Gasteiger partial charge in [0.15, 0.2) is 5.82 Å². The molecular formula is C10H13ClN6O3S. The molecule has 9 nitrogen and oxygen atoms in total. The molecule has 0 atom stereocenters. The van der Waals surface area contributed by atoms with E-state index in [-0.39, 0.29) is 34.6 Å². The van der Waals surface area contributed by atoms with Crippen molar-refractivity contribution < 1.29 is 13.2 Å². The molecule has 0 unspecified atom stereocenters. The molecule has 4 N–H and O–H groups in total. The van der Waals surface area contributed by atoms with Crippen LogP contribution >= 0.6 is 11.6 Å². The van der Waals surface area contributed by atoms with Crippen LogP contribution in [0.1, 0.15) is 11.4 Å². The van der Waals surface area contributed by atoms with Crippen LogP contribution in [0.25, 0.3) is 0 Å². The zero-order valence-corrected chi connectivity index (χ0v) is 12.6. The van der Waals surface area contributed by atoms with Gasteiger partial charge < -0.3 is 10.5 Å². The van der Waals surface area contributed by atoms with Gasteiger partial charge in [0.25, 0.3) is 0 Å². The molecule has 0 aliphatic rings. The molecule has 2 rings (SSSR count). The third kappa shape index (κ3) is 3.47. The van der Waals surface area contributed by atoms with Crippen LogP contribution in [0, 0.1) is 0 Å². The van der Waals surface area contributed by atoms with E-state index in [0.717, 1.165) is 0 Å². The molecule has 11 heteroatoms. The molecule has 0 radical (unpaired) electrons. The van der Waals surface area contributed by atoms with Crippen LogP contribution < -0.4 is 15.2 Å². The van der Waals surface area contributed by atoms with Gasteiger partial charge in [0.1, 0.15) is 10.6 Å². The Morgan fingerprint density at radius 3 is 2.81 bits per heavy atom. The van der Waals surface area contributed by atoms with E-state index in [1.165, 1.54) is 13.2 Å². The van der Waals surface area contributed by atoms with Crippen molar-refractivity contribution in [2.45, 2.75) is 18.0 Å². The Morgan fingerprint density at radius 2 is 2.24 bits per heavy atom. The van der Waals surface area contributed by atoms with Crippen molar-refractivity contribution >= 4 is 21.6 Å². The van der Waals surface area contributed by atoms with Gasteiger partial charge in [0.05, 0.1) is 13.7 Å². The Morgan fingerprint density at radius 1 is 1.48 bits per heavy atom. The lowest BCUT2D eigenvalue weighted by Gasteiger charge is -2.14. The highest BCUT2D eigenvalue weighted by atomic mass is 35.5. The lowest BCUT2D eigenvalue weighted by Crippen LogP contribution is -2.25. The fraction of sp³-hybridized carbons (Fsp3) is 0.300. The standard InChI is InChI=1S/C10H13ClN6O3S/c1-20-10-6(4-12)2-7(11)3-8(10)21(18,19)13-5-9-14-16-17-15-9/h2-3,13H,4-5,12H2,1H3,(H,14,15,16,17). The summed E-state index contributed by atoms with van der Waals surface area (Å²) in [5, 5.41) is 13.1. The first kappa shape index (κ1) is 15.6. The van der Waals surface area contributed by atoms with Crippen molar-refractivity contribution in [3.05, 3.63) is 28.5 Å². The Bertz CT molecular complexity index is 719. The molecule has 0 spiro atoms. The van der Waals surface area contributed by atoms with Gasteiger partial charge in [0.2, 0.25) is 10.0 Å². The number of rotatable bonds is 6. The van der Waals surface area contributed by atoms with Crippen LogP contribution in [0.15, 0.2) is 17.0 Å². The number of aromatic nitrogens is 4. The number of hydrogen-bond donors (Lipinski definition) is 3. The van der Waals surface area contributed by atoms with Crippen molar-refractivity contribution in [1.29, 1.82) is 0 Å². The van der Waals surface area contributed by atoms with Crippen molar-refractivity contribution in [3.8, 4) is 5.75 Å². The average molecular weight is 333 g/mol. The molecule has 114 valence electrons. The number of ether oxygens (including phenoxy) is 1.